The van der Waals surface area contributed by atoms with Gasteiger partial charge in [0, 0.05) is 24.7 Å². The molecule has 6 rings (SSSR count). The van der Waals surface area contributed by atoms with Crippen LogP contribution >= 0.6 is 11.6 Å². The van der Waals surface area contributed by atoms with Gasteiger partial charge >= 0.3 is 12.2 Å². The van der Waals surface area contributed by atoms with E-state index in [1.54, 1.807) is 30.3 Å². The first kappa shape index (κ1) is 27.6. The normalized spacial score (nSPS) is 21.0. The molecule has 216 valence electrons. The number of benzene rings is 2. The van der Waals surface area contributed by atoms with Crippen LogP contribution in [0.15, 0.2) is 36.5 Å². The van der Waals surface area contributed by atoms with Crippen LogP contribution < -0.4 is 14.2 Å². The average Bonchev–Trinajstić information content (AvgIpc) is 3.46. The fourth-order valence-corrected chi connectivity index (χ4v) is 6.16. The van der Waals surface area contributed by atoms with Crippen LogP contribution in [0, 0.1) is 5.82 Å². The minimum absolute atomic E-state index is 0.0104. The van der Waals surface area contributed by atoms with Crippen LogP contribution in [-0.4, -0.2) is 71.2 Å². The van der Waals surface area contributed by atoms with E-state index in [1.165, 1.54) is 7.11 Å². The minimum Gasteiger partial charge on any atom is -0.495 e. The van der Waals surface area contributed by atoms with Gasteiger partial charge in [-0.2, -0.15) is 23.1 Å². The Morgan fingerprint density at radius 3 is 2.73 bits per heavy atom. The molecule has 2 saturated heterocycles. The van der Waals surface area contributed by atoms with E-state index in [1.807, 2.05) is 4.90 Å². The third-order valence-electron chi connectivity index (χ3n) is 7.64. The van der Waals surface area contributed by atoms with Crippen molar-refractivity contribution in [2.45, 2.75) is 37.1 Å². The molecule has 41 heavy (non-hydrogen) atoms. The SMILES string of the molecule is COc1cc2ccccc2c(-c2ncc3c(OCC(F)(F)F)nc(OC[C@@]45CCCN4C[C@H](F)C5)nc3c2F)c1Cl. The lowest BCUT2D eigenvalue weighted by atomic mass is 9.95. The third kappa shape index (κ3) is 5.07. The molecular weight excluding hydrogens is 571 g/mol. The van der Waals surface area contributed by atoms with Crippen LogP contribution in [-0.2, 0) is 0 Å². The van der Waals surface area contributed by atoms with E-state index in [-0.39, 0.29) is 52.5 Å². The Balaban J connectivity index is 1.47. The Kier molecular flexibility index (Phi) is 7.01. The topological polar surface area (TPSA) is 69.6 Å². The molecule has 2 aliphatic heterocycles. The molecule has 4 heterocycles. The summed E-state index contributed by atoms with van der Waals surface area (Å²) in [6.07, 6.45) is -2.77. The predicted octanol–water partition coefficient (Wildman–Crippen LogP) is 6.54. The first-order valence-electron chi connectivity index (χ1n) is 12.9. The Labute approximate surface area is 236 Å². The van der Waals surface area contributed by atoms with Crippen molar-refractivity contribution in [3.05, 3.63) is 47.4 Å². The number of pyridine rings is 1. The van der Waals surface area contributed by atoms with E-state index < -0.39 is 42.2 Å². The van der Waals surface area contributed by atoms with Crippen LogP contribution in [0.5, 0.6) is 17.6 Å². The molecule has 7 nitrogen and oxygen atoms in total. The molecule has 0 radical (unpaired) electrons. The molecule has 0 bridgehead atoms. The molecule has 2 atom stereocenters. The van der Waals surface area contributed by atoms with Crippen molar-refractivity contribution in [2.75, 3.05) is 33.4 Å². The van der Waals surface area contributed by atoms with Crippen LogP contribution in [0.1, 0.15) is 19.3 Å². The molecular formula is C28H24ClF5N4O3. The molecule has 13 heteroatoms. The number of ether oxygens (including phenoxy) is 3. The van der Waals surface area contributed by atoms with Gasteiger partial charge in [-0.3, -0.25) is 9.88 Å². The van der Waals surface area contributed by atoms with Gasteiger partial charge in [0.25, 0.3) is 0 Å². The number of fused-ring (bicyclic) bond motifs is 3. The highest BCUT2D eigenvalue weighted by atomic mass is 35.5. The van der Waals surface area contributed by atoms with Gasteiger partial charge in [0.15, 0.2) is 12.4 Å². The molecule has 4 aromatic rings. The lowest BCUT2D eigenvalue weighted by Crippen LogP contribution is -2.43. The standard InChI is InChI=1S/C28H24ClF5N4O3/c1-39-19-9-15-5-2-3-6-17(15)20(21(19)29)24-22(31)23-18(11-35-24)25(40-14-28(32,33)34)37-26(36-23)41-13-27-7-4-8-38(27)12-16(30)10-27/h2-3,5-6,9,11,16H,4,7-8,10,12-14H2,1H3/t16-,27+/m1/s1. The zero-order valence-corrected chi connectivity index (χ0v) is 22.5. The Morgan fingerprint density at radius 2 is 1.95 bits per heavy atom. The summed E-state index contributed by atoms with van der Waals surface area (Å²) < 4.78 is 85.8. The van der Waals surface area contributed by atoms with E-state index in [0.717, 1.165) is 12.6 Å². The van der Waals surface area contributed by atoms with Gasteiger partial charge in [-0.05, 0) is 36.2 Å². The van der Waals surface area contributed by atoms with E-state index in [4.69, 9.17) is 25.8 Å². The second-order valence-electron chi connectivity index (χ2n) is 10.3. The van der Waals surface area contributed by atoms with Crippen molar-refractivity contribution in [1.82, 2.24) is 19.9 Å². The minimum atomic E-state index is -4.68. The van der Waals surface area contributed by atoms with Gasteiger partial charge in [-0.1, -0.05) is 35.9 Å². The summed E-state index contributed by atoms with van der Waals surface area (Å²) in [5, 5.41) is 1.19. The van der Waals surface area contributed by atoms with Crippen molar-refractivity contribution in [2.24, 2.45) is 0 Å². The Bertz CT molecular complexity index is 1640. The van der Waals surface area contributed by atoms with Gasteiger partial charge in [0.1, 0.15) is 29.7 Å². The summed E-state index contributed by atoms with van der Waals surface area (Å²) in [4.78, 5) is 14.4. The molecule has 0 saturated carbocycles. The van der Waals surface area contributed by atoms with Gasteiger partial charge in [0.05, 0.1) is 23.1 Å². The van der Waals surface area contributed by atoms with Gasteiger partial charge in [-0.25, -0.2) is 8.78 Å². The average molecular weight is 595 g/mol. The third-order valence-corrected chi connectivity index (χ3v) is 8.02. The number of halogens is 6. The lowest BCUT2D eigenvalue weighted by molar-refractivity contribution is -0.153. The number of nitrogens with zero attached hydrogens (tertiary/aromatic N) is 4. The molecule has 0 unspecified atom stereocenters. The zero-order chi connectivity index (χ0) is 28.9. The summed E-state index contributed by atoms with van der Waals surface area (Å²) in [5.41, 5.74) is -0.920. The van der Waals surface area contributed by atoms with Crippen molar-refractivity contribution in [3.8, 4) is 28.9 Å². The number of alkyl halides is 4. The number of aromatic nitrogens is 3. The molecule has 2 aromatic heterocycles. The summed E-state index contributed by atoms with van der Waals surface area (Å²) in [6, 6.07) is 8.39. The lowest BCUT2D eigenvalue weighted by Gasteiger charge is -2.30. The summed E-state index contributed by atoms with van der Waals surface area (Å²) in [6.45, 7) is -0.693. The Morgan fingerprint density at radius 1 is 1.15 bits per heavy atom. The van der Waals surface area contributed by atoms with E-state index >= 15 is 4.39 Å². The number of methoxy groups -OCH3 is 1. The van der Waals surface area contributed by atoms with Crippen LogP contribution in [0.25, 0.3) is 32.9 Å². The smallest absolute Gasteiger partial charge is 0.422 e. The van der Waals surface area contributed by atoms with Gasteiger partial charge < -0.3 is 14.2 Å². The number of rotatable bonds is 7. The van der Waals surface area contributed by atoms with Gasteiger partial charge in [-0.15, -0.1) is 0 Å². The first-order valence-corrected chi connectivity index (χ1v) is 13.3. The second kappa shape index (κ2) is 10.4. The summed E-state index contributed by atoms with van der Waals surface area (Å²) in [5.74, 6) is -1.22. The fraction of sp³-hybridized carbons (Fsp3) is 0.393. The maximum atomic E-state index is 16.3. The molecule has 0 amide bonds. The van der Waals surface area contributed by atoms with Crippen molar-refractivity contribution >= 4 is 33.3 Å². The monoisotopic (exact) mass is 594 g/mol. The molecule has 0 spiro atoms. The predicted molar refractivity (Wildman–Crippen MR) is 142 cm³/mol. The largest absolute Gasteiger partial charge is 0.495 e. The molecule has 2 aromatic carbocycles. The van der Waals surface area contributed by atoms with Crippen molar-refractivity contribution < 1.29 is 36.2 Å². The zero-order valence-electron chi connectivity index (χ0n) is 21.8. The highest BCUT2D eigenvalue weighted by Crippen LogP contribution is 2.44. The summed E-state index contributed by atoms with van der Waals surface area (Å²) >= 11 is 6.62. The van der Waals surface area contributed by atoms with E-state index in [0.29, 0.717) is 23.7 Å². The maximum absolute atomic E-state index is 16.3. The van der Waals surface area contributed by atoms with Crippen LogP contribution in [0.2, 0.25) is 5.02 Å². The molecule has 2 aliphatic rings. The van der Waals surface area contributed by atoms with Crippen molar-refractivity contribution in [3.63, 3.8) is 0 Å². The Hall–Kier alpha value is -3.51. The van der Waals surface area contributed by atoms with Gasteiger partial charge in [0.2, 0.25) is 5.88 Å². The highest BCUT2D eigenvalue weighted by molar-refractivity contribution is 6.36. The maximum Gasteiger partial charge on any atom is 0.422 e. The van der Waals surface area contributed by atoms with Crippen molar-refractivity contribution in [1.29, 1.82) is 0 Å². The molecule has 0 N–H and O–H groups in total. The van der Waals surface area contributed by atoms with E-state index in [2.05, 4.69) is 15.0 Å². The molecule has 0 aliphatic carbocycles. The second-order valence-corrected chi connectivity index (χ2v) is 10.6. The quantitative estimate of drug-likeness (QED) is 0.225. The van der Waals surface area contributed by atoms with Crippen LogP contribution in [0.4, 0.5) is 22.0 Å². The molecule has 2 fully saturated rings. The first-order chi connectivity index (χ1) is 19.6. The summed E-state index contributed by atoms with van der Waals surface area (Å²) in [7, 11) is 1.42. The highest BCUT2D eigenvalue weighted by Gasteiger charge is 2.49. The fourth-order valence-electron chi connectivity index (χ4n) is 5.83. The van der Waals surface area contributed by atoms with E-state index in [9.17, 15) is 17.6 Å². The number of hydrogen-bond donors (Lipinski definition) is 0. The number of hydrogen-bond acceptors (Lipinski definition) is 7. The van der Waals surface area contributed by atoms with Crippen LogP contribution in [0.3, 0.4) is 0 Å².